The van der Waals surface area contributed by atoms with Crippen LogP contribution in [0.15, 0.2) is 0 Å². The Labute approximate surface area is 45.7 Å². The Morgan fingerprint density at radius 2 is 2.00 bits per heavy atom. The normalized spacial score (nSPS) is 14.0. The summed E-state index contributed by atoms with van der Waals surface area (Å²) in [5, 5.41) is 25.8. The maximum Gasteiger partial charge on any atom is 0.260 e. The number of aliphatic hydroxyl groups is 2. The Hall–Kier alpha value is -0.680. The second kappa shape index (κ2) is 2.58. The molecule has 0 aromatic rings. The fourth-order valence-corrected chi connectivity index (χ4v) is 0.109. The van der Waals surface area contributed by atoms with Crippen molar-refractivity contribution in [2.75, 3.05) is 0 Å². The van der Waals surface area contributed by atoms with Gasteiger partial charge >= 0.3 is 0 Å². The van der Waals surface area contributed by atoms with Crippen LogP contribution in [0.25, 0.3) is 0 Å². The zero-order valence-corrected chi connectivity index (χ0v) is 4.31. The van der Waals surface area contributed by atoms with E-state index in [0.29, 0.717) is 0 Å². The highest BCUT2D eigenvalue weighted by Gasteiger charge is 2.20. The lowest BCUT2D eigenvalue weighted by Crippen LogP contribution is -2.29. The maximum absolute atomic E-state index is 9.63. The van der Waals surface area contributed by atoms with Gasteiger partial charge in [0, 0.05) is 11.8 Å². The summed E-state index contributed by atoms with van der Waals surface area (Å²) in [4.78, 5) is 8.87. The van der Waals surface area contributed by atoms with E-state index in [1.54, 1.807) is 0 Å². The molecule has 0 fully saturated rings. The predicted octanol–water partition coefficient (Wildman–Crippen LogP) is -1.04. The lowest BCUT2D eigenvalue weighted by Gasteiger charge is -2.02. The van der Waals surface area contributed by atoms with E-state index in [2.05, 4.69) is 0 Å². The van der Waals surface area contributed by atoms with Crippen LogP contribution in [-0.2, 0) is 0 Å². The van der Waals surface area contributed by atoms with Crippen molar-refractivity contribution in [3.8, 4) is 0 Å². The first-order chi connectivity index (χ1) is 3.55. The lowest BCUT2D eigenvalue weighted by molar-refractivity contribution is -0.541. The minimum Gasteiger partial charge on any atom is -0.363 e. The van der Waals surface area contributed by atoms with Crippen LogP contribution in [0.4, 0.5) is 0 Å². The molecule has 0 aliphatic carbocycles. The van der Waals surface area contributed by atoms with E-state index in [1.807, 2.05) is 0 Å². The van der Waals surface area contributed by atoms with E-state index in [9.17, 15) is 10.1 Å². The van der Waals surface area contributed by atoms with Crippen molar-refractivity contribution in [1.82, 2.24) is 0 Å². The number of hydrogen-bond acceptors (Lipinski definition) is 4. The zero-order valence-electron chi connectivity index (χ0n) is 4.31. The molecule has 1 atom stereocenters. The highest BCUT2D eigenvalue weighted by atomic mass is 16.6. The molecule has 0 aliphatic rings. The molecule has 0 radical (unpaired) electrons. The molecule has 0 rings (SSSR count). The van der Waals surface area contributed by atoms with E-state index in [1.165, 1.54) is 0 Å². The molecule has 0 aromatic heterocycles. The van der Waals surface area contributed by atoms with Gasteiger partial charge in [-0.15, -0.1) is 0 Å². The summed E-state index contributed by atoms with van der Waals surface area (Å²) in [5.41, 5.74) is 0. The van der Waals surface area contributed by atoms with Gasteiger partial charge in [-0.25, -0.2) is 0 Å². The first-order valence-electron chi connectivity index (χ1n) is 2.05. The fraction of sp³-hybridized carbons (Fsp3) is 1.00. The molecule has 0 amide bonds. The molecule has 48 valence electrons. The molecule has 1 unspecified atom stereocenters. The van der Waals surface area contributed by atoms with Crippen LogP contribution in [0.3, 0.4) is 0 Å². The summed E-state index contributed by atoms with van der Waals surface area (Å²) in [7, 11) is 0. The van der Waals surface area contributed by atoms with Crippen molar-refractivity contribution in [3.63, 3.8) is 0 Å². The Kier molecular flexibility index (Phi) is 2.36. The summed E-state index contributed by atoms with van der Waals surface area (Å²) >= 11 is 0. The molecule has 0 aromatic carbocycles. The van der Waals surface area contributed by atoms with Crippen molar-refractivity contribution in [2.24, 2.45) is 0 Å². The number of hydrogen-bond donors (Lipinski definition) is 2. The van der Waals surface area contributed by atoms with E-state index in [0.717, 1.165) is 6.92 Å². The van der Waals surface area contributed by atoms with Gasteiger partial charge in [-0.1, -0.05) is 0 Å². The van der Waals surface area contributed by atoms with Crippen molar-refractivity contribution in [2.45, 2.75) is 19.3 Å². The lowest BCUT2D eigenvalue weighted by atomic mass is 10.4. The van der Waals surface area contributed by atoms with Crippen molar-refractivity contribution < 1.29 is 15.1 Å². The van der Waals surface area contributed by atoms with Gasteiger partial charge < -0.3 is 10.2 Å². The molecule has 8 heavy (non-hydrogen) atoms. The molecule has 0 aliphatic heterocycles. The Balaban J connectivity index is 3.64. The smallest absolute Gasteiger partial charge is 0.260 e. The molecule has 0 spiro atoms. The van der Waals surface area contributed by atoms with Crippen molar-refractivity contribution in [3.05, 3.63) is 10.1 Å². The highest BCUT2D eigenvalue weighted by molar-refractivity contribution is 4.46. The molecule has 0 saturated carbocycles. The Bertz CT molecular complexity index is 91.3. The number of aliphatic hydroxyl groups excluding tert-OH is 1. The van der Waals surface area contributed by atoms with E-state index in [-0.39, 0.29) is 0 Å². The van der Waals surface area contributed by atoms with Gasteiger partial charge in [-0.05, 0) is 0 Å². The summed E-state index contributed by atoms with van der Waals surface area (Å²) in [5.74, 6) is 0. The van der Waals surface area contributed by atoms with E-state index >= 15 is 0 Å². The van der Waals surface area contributed by atoms with Gasteiger partial charge in [0.1, 0.15) is 0 Å². The van der Waals surface area contributed by atoms with Gasteiger partial charge in [0.2, 0.25) is 6.29 Å². The molecule has 5 heteroatoms. The summed E-state index contributed by atoms with van der Waals surface area (Å²) < 4.78 is 0. The topological polar surface area (TPSA) is 83.6 Å². The zero-order chi connectivity index (χ0) is 6.73. The summed E-state index contributed by atoms with van der Waals surface area (Å²) in [6, 6.07) is -1.30. The molecule has 0 heterocycles. The van der Waals surface area contributed by atoms with Crippen molar-refractivity contribution in [1.29, 1.82) is 0 Å². The van der Waals surface area contributed by atoms with Gasteiger partial charge in [0.15, 0.2) is 0 Å². The molecule has 2 N–H and O–H groups in total. The molecular weight excluding hydrogens is 114 g/mol. The predicted molar refractivity (Wildman–Crippen MR) is 24.7 cm³/mol. The van der Waals surface area contributed by atoms with E-state index in [4.69, 9.17) is 10.2 Å². The summed E-state index contributed by atoms with van der Waals surface area (Å²) in [6.45, 7) is 1.12. The Morgan fingerprint density at radius 1 is 1.62 bits per heavy atom. The first kappa shape index (κ1) is 7.32. The second-order valence-corrected chi connectivity index (χ2v) is 1.44. The third-order valence-electron chi connectivity index (χ3n) is 0.764. The van der Waals surface area contributed by atoms with Crippen LogP contribution < -0.4 is 0 Å². The highest BCUT2D eigenvalue weighted by Crippen LogP contribution is 1.90. The largest absolute Gasteiger partial charge is 0.363 e. The monoisotopic (exact) mass is 121 g/mol. The third kappa shape index (κ3) is 1.85. The van der Waals surface area contributed by atoms with Gasteiger partial charge in [0.05, 0.1) is 0 Å². The summed E-state index contributed by atoms with van der Waals surface area (Å²) in [6.07, 6.45) is -1.86. The molecular formula is C3H7NO4. The molecule has 0 saturated heterocycles. The molecule has 0 bridgehead atoms. The van der Waals surface area contributed by atoms with Crippen LogP contribution in [0.5, 0.6) is 0 Å². The molecule has 5 nitrogen and oxygen atoms in total. The van der Waals surface area contributed by atoms with Crippen LogP contribution >= 0.6 is 0 Å². The third-order valence-corrected chi connectivity index (χ3v) is 0.764. The van der Waals surface area contributed by atoms with Crippen LogP contribution in [0, 0.1) is 10.1 Å². The average molecular weight is 121 g/mol. The van der Waals surface area contributed by atoms with Crippen LogP contribution in [-0.4, -0.2) is 27.5 Å². The standard InChI is InChI=1S/C3H7NO4/c1-2(3(5)6)4(7)8/h2-3,5-6H,1H3. The minimum atomic E-state index is -1.86. The second-order valence-electron chi connectivity index (χ2n) is 1.44. The first-order valence-corrected chi connectivity index (χ1v) is 2.05. The SMILES string of the molecule is CC(C(O)O)[N+](=O)[O-]. The minimum absolute atomic E-state index is 0.759. The fourth-order valence-electron chi connectivity index (χ4n) is 0.109. The van der Waals surface area contributed by atoms with Gasteiger partial charge in [-0.3, -0.25) is 10.1 Å². The average Bonchev–Trinajstić information content (AvgIpc) is 1.64. The quantitative estimate of drug-likeness (QED) is 0.278. The Morgan fingerprint density at radius 3 is 2.00 bits per heavy atom. The van der Waals surface area contributed by atoms with Crippen molar-refractivity contribution >= 4 is 0 Å². The van der Waals surface area contributed by atoms with Crippen LogP contribution in [0.2, 0.25) is 0 Å². The number of nitrogens with zero attached hydrogens (tertiary/aromatic N) is 1. The number of rotatable bonds is 2. The number of nitro groups is 1. The van der Waals surface area contributed by atoms with E-state index < -0.39 is 17.3 Å². The van der Waals surface area contributed by atoms with Gasteiger partial charge in [-0.2, -0.15) is 0 Å². The van der Waals surface area contributed by atoms with Crippen LogP contribution in [0.1, 0.15) is 6.92 Å². The van der Waals surface area contributed by atoms with Gasteiger partial charge in [0.25, 0.3) is 6.04 Å². The maximum atomic E-state index is 9.63.